The van der Waals surface area contributed by atoms with Gasteiger partial charge in [-0.2, -0.15) is 0 Å². The molecule has 0 aliphatic carbocycles. The van der Waals surface area contributed by atoms with Crippen LogP contribution in [0.4, 0.5) is 0 Å². The van der Waals surface area contributed by atoms with Crippen molar-refractivity contribution in [2.75, 3.05) is 0 Å². The van der Waals surface area contributed by atoms with Crippen LogP contribution in [0.3, 0.4) is 0 Å². The zero-order valence-corrected chi connectivity index (χ0v) is 21.2. The van der Waals surface area contributed by atoms with Gasteiger partial charge in [-0.3, -0.25) is 9.59 Å². The van der Waals surface area contributed by atoms with Gasteiger partial charge in [0.15, 0.2) is 11.6 Å². The maximum Gasteiger partial charge on any atom is 0.174 e. The number of ketones is 2. The van der Waals surface area contributed by atoms with E-state index >= 15 is 0 Å². The van der Waals surface area contributed by atoms with E-state index in [-0.39, 0.29) is 52.3 Å². The molecular weight excluding hydrogens is 516 g/mol. The molecule has 0 aromatic heterocycles. The lowest BCUT2D eigenvalue weighted by molar-refractivity contribution is 0.0833. The highest BCUT2D eigenvalue weighted by molar-refractivity contribution is 6.09. The summed E-state index contributed by atoms with van der Waals surface area (Å²) in [5.74, 6) is -3.57. The summed E-state index contributed by atoms with van der Waals surface area (Å²) in [6.07, 6.45) is -1.72. The van der Waals surface area contributed by atoms with Crippen LogP contribution in [0.1, 0.15) is 62.5 Å². The van der Waals surface area contributed by atoms with E-state index in [9.17, 15) is 35.1 Å². The summed E-state index contributed by atoms with van der Waals surface area (Å²) in [5.41, 5.74) is 1.29. The molecule has 0 fully saturated rings. The van der Waals surface area contributed by atoms with Crippen LogP contribution in [0.15, 0.2) is 60.7 Å². The second kappa shape index (κ2) is 9.23. The quantitative estimate of drug-likeness (QED) is 0.223. The van der Waals surface area contributed by atoms with Crippen LogP contribution in [0.2, 0.25) is 0 Å². The van der Waals surface area contributed by atoms with Crippen molar-refractivity contribution < 1.29 is 44.6 Å². The molecule has 0 spiro atoms. The Morgan fingerprint density at radius 1 is 0.625 bits per heavy atom. The van der Waals surface area contributed by atoms with Gasteiger partial charge in [-0.15, -0.1) is 0 Å². The number of hydrogen-bond donors (Lipinski definition) is 5. The molecule has 0 amide bonds. The number of rotatable bonds is 3. The zero-order chi connectivity index (χ0) is 28.3. The maximum absolute atomic E-state index is 13.3. The third-order valence-corrected chi connectivity index (χ3v) is 7.28. The number of ether oxygens (including phenoxy) is 2. The summed E-state index contributed by atoms with van der Waals surface area (Å²) in [6, 6.07) is 15.5. The summed E-state index contributed by atoms with van der Waals surface area (Å²) in [6.45, 7) is 1.94. The van der Waals surface area contributed by atoms with Gasteiger partial charge in [0.05, 0.1) is 24.0 Å². The second-order valence-electron chi connectivity index (χ2n) is 9.96. The molecule has 9 nitrogen and oxygen atoms in total. The Balaban J connectivity index is 1.48. The number of fused-ring (bicyclic) bond motifs is 2. The topological polar surface area (TPSA) is 154 Å². The number of carbonyl (C=O) groups excluding carboxylic acids is 2. The lowest BCUT2D eigenvalue weighted by Gasteiger charge is -2.30. The monoisotopic (exact) mass is 540 g/mol. The molecule has 2 atom stereocenters. The number of aromatic hydroxyl groups is 5. The predicted octanol–water partition coefficient (Wildman–Crippen LogP) is 5.60. The highest BCUT2D eigenvalue weighted by atomic mass is 16.5. The molecule has 9 heteroatoms. The van der Waals surface area contributed by atoms with E-state index in [2.05, 4.69) is 0 Å². The van der Waals surface area contributed by atoms with Crippen LogP contribution < -0.4 is 9.47 Å². The van der Waals surface area contributed by atoms with Crippen LogP contribution in [-0.2, 0) is 0 Å². The van der Waals surface area contributed by atoms with E-state index < -0.39 is 46.8 Å². The number of Topliss-reactive ketones (excluding diaryl/α,β-unsaturated/α-hetero) is 2. The fraction of sp³-hybridized carbons (Fsp3) is 0.161. The fourth-order valence-electron chi connectivity index (χ4n) is 5.26. The minimum atomic E-state index is -0.859. The number of carbonyl (C=O) groups is 2. The van der Waals surface area contributed by atoms with E-state index in [0.717, 1.165) is 17.2 Å². The lowest BCUT2D eigenvalue weighted by atomic mass is 9.88. The molecule has 202 valence electrons. The molecule has 0 radical (unpaired) electrons. The van der Waals surface area contributed by atoms with Crippen molar-refractivity contribution in [1.29, 1.82) is 0 Å². The first-order chi connectivity index (χ1) is 19.1. The second-order valence-corrected chi connectivity index (χ2v) is 9.96. The van der Waals surface area contributed by atoms with E-state index in [4.69, 9.17) is 9.47 Å². The Morgan fingerprint density at radius 3 is 1.80 bits per heavy atom. The minimum absolute atomic E-state index is 0.0164. The predicted molar refractivity (Wildman–Crippen MR) is 142 cm³/mol. The van der Waals surface area contributed by atoms with Crippen molar-refractivity contribution in [1.82, 2.24) is 0 Å². The van der Waals surface area contributed by atoms with Gasteiger partial charge in [0.2, 0.25) is 0 Å². The third-order valence-electron chi connectivity index (χ3n) is 7.28. The maximum atomic E-state index is 13.3. The van der Waals surface area contributed by atoms with Gasteiger partial charge in [0, 0.05) is 12.1 Å². The molecule has 2 heterocycles. The molecule has 2 aliphatic heterocycles. The Kier molecular flexibility index (Phi) is 5.80. The number of aryl methyl sites for hydroxylation is 1. The van der Waals surface area contributed by atoms with E-state index in [0.29, 0.717) is 5.56 Å². The van der Waals surface area contributed by atoms with Crippen molar-refractivity contribution in [3.63, 3.8) is 0 Å². The van der Waals surface area contributed by atoms with Crippen molar-refractivity contribution in [3.05, 3.63) is 88.5 Å². The molecule has 40 heavy (non-hydrogen) atoms. The Morgan fingerprint density at radius 2 is 1.15 bits per heavy atom. The summed E-state index contributed by atoms with van der Waals surface area (Å²) in [5, 5.41) is 53.4. The largest absolute Gasteiger partial charge is 0.508 e. The van der Waals surface area contributed by atoms with Crippen molar-refractivity contribution in [2.24, 2.45) is 0 Å². The summed E-state index contributed by atoms with van der Waals surface area (Å²) in [4.78, 5) is 26.4. The normalized spacial score (nSPS) is 17.9. The number of phenols is 5. The molecule has 0 bridgehead atoms. The SMILES string of the molecule is Cc1ccc(C2CC(=O)c3c(cc(O)c(-c4c(O)cc(O)c5c4OC(c4ccc(O)cc4)CC5=O)c3O)O2)cc1. The average molecular weight is 541 g/mol. The van der Waals surface area contributed by atoms with Crippen molar-refractivity contribution in [3.8, 4) is 51.4 Å². The highest BCUT2D eigenvalue weighted by Gasteiger charge is 2.38. The number of benzene rings is 4. The average Bonchev–Trinajstić information content (AvgIpc) is 2.90. The van der Waals surface area contributed by atoms with Crippen LogP contribution in [0.5, 0.6) is 40.2 Å². The molecule has 2 unspecified atom stereocenters. The Hall–Kier alpha value is -5.18. The van der Waals surface area contributed by atoms with E-state index in [1.807, 2.05) is 31.2 Å². The number of phenolic OH excluding ortho intramolecular Hbond substituents is 5. The zero-order valence-electron chi connectivity index (χ0n) is 21.2. The van der Waals surface area contributed by atoms with Gasteiger partial charge in [-0.1, -0.05) is 42.0 Å². The Bertz CT molecular complexity index is 1690. The Labute approximate surface area is 228 Å². The summed E-state index contributed by atoms with van der Waals surface area (Å²) < 4.78 is 12.1. The standard InChI is InChI=1S/C31H24O9/c1-14-2-4-15(5-3-14)23-12-21(36)27-25(39-23)13-22(37)28(30(27)38)29-19(34)10-18(33)26-20(35)11-24(40-31(26)29)16-6-8-17(32)9-7-16/h2-10,13,23-24,32-34,37-38H,11-12H2,1H3. The molecule has 4 aromatic rings. The highest BCUT2D eigenvalue weighted by Crippen LogP contribution is 2.56. The molecule has 0 saturated carbocycles. The van der Waals surface area contributed by atoms with Gasteiger partial charge in [-0.05, 0) is 30.2 Å². The van der Waals surface area contributed by atoms with Gasteiger partial charge in [0.1, 0.15) is 63.6 Å². The van der Waals surface area contributed by atoms with Crippen LogP contribution in [0, 0.1) is 6.92 Å². The molecule has 4 aromatic carbocycles. The summed E-state index contributed by atoms with van der Waals surface area (Å²) in [7, 11) is 0. The number of hydrogen-bond acceptors (Lipinski definition) is 9. The fourth-order valence-corrected chi connectivity index (χ4v) is 5.26. The summed E-state index contributed by atoms with van der Waals surface area (Å²) >= 11 is 0. The molecule has 5 N–H and O–H groups in total. The minimum Gasteiger partial charge on any atom is -0.508 e. The van der Waals surface area contributed by atoms with Crippen LogP contribution in [-0.4, -0.2) is 37.1 Å². The molecule has 2 aliphatic rings. The molecule has 6 rings (SSSR count). The van der Waals surface area contributed by atoms with Crippen LogP contribution >= 0.6 is 0 Å². The first-order valence-corrected chi connectivity index (χ1v) is 12.6. The molecular formula is C31H24O9. The van der Waals surface area contributed by atoms with Crippen molar-refractivity contribution >= 4 is 11.6 Å². The molecule has 0 saturated heterocycles. The van der Waals surface area contributed by atoms with Gasteiger partial charge in [0.25, 0.3) is 0 Å². The lowest BCUT2D eigenvalue weighted by Crippen LogP contribution is -2.22. The van der Waals surface area contributed by atoms with Gasteiger partial charge in [-0.25, -0.2) is 0 Å². The third kappa shape index (κ3) is 4.03. The van der Waals surface area contributed by atoms with E-state index in [1.165, 1.54) is 18.2 Å². The smallest absolute Gasteiger partial charge is 0.174 e. The van der Waals surface area contributed by atoms with E-state index in [1.54, 1.807) is 12.1 Å². The van der Waals surface area contributed by atoms with Gasteiger partial charge >= 0.3 is 0 Å². The van der Waals surface area contributed by atoms with Gasteiger partial charge < -0.3 is 35.0 Å². The first kappa shape index (κ1) is 25.1. The van der Waals surface area contributed by atoms with Crippen LogP contribution in [0.25, 0.3) is 11.1 Å². The van der Waals surface area contributed by atoms with Crippen molar-refractivity contribution in [2.45, 2.75) is 32.0 Å². The first-order valence-electron chi connectivity index (χ1n) is 12.6.